The van der Waals surface area contributed by atoms with Crippen molar-refractivity contribution in [3.63, 3.8) is 0 Å². The molecule has 1 fully saturated rings. The van der Waals surface area contributed by atoms with Crippen molar-refractivity contribution >= 4 is 11.8 Å². The van der Waals surface area contributed by atoms with Crippen LogP contribution in [0.25, 0.3) is 11.4 Å². The van der Waals surface area contributed by atoms with Gasteiger partial charge in [0.05, 0.1) is 12.7 Å². The Kier molecular flexibility index (Phi) is 5.94. The first kappa shape index (κ1) is 21.5. The molecule has 8 heteroatoms. The Balaban J connectivity index is 1.48. The molecule has 2 amide bonds. The average Bonchev–Trinajstić information content (AvgIpc) is 3.33. The number of rotatable bonds is 4. The standard InChI is InChI=1S/C24H25FN4O3/c1-15-13-28(24(31)20-9-8-19(32-3)12-21(20)25)14-16(2)29(15)23(30)18-6-4-17(5-7-18)22-26-10-11-27-22/h4-12,15-16H,13-14H2,1-3H3,(H,26,27)/t15-,16-/m1/s1. The molecule has 0 bridgehead atoms. The second-order valence-electron chi connectivity index (χ2n) is 7.98. The highest BCUT2D eigenvalue weighted by molar-refractivity contribution is 5.97. The van der Waals surface area contributed by atoms with Crippen LogP contribution in [0, 0.1) is 5.82 Å². The van der Waals surface area contributed by atoms with E-state index in [4.69, 9.17) is 4.74 Å². The van der Waals surface area contributed by atoms with Crippen LogP contribution >= 0.6 is 0 Å². The van der Waals surface area contributed by atoms with Crippen LogP contribution in [0.2, 0.25) is 0 Å². The van der Waals surface area contributed by atoms with Crippen molar-refractivity contribution in [1.29, 1.82) is 0 Å². The summed E-state index contributed by atoms with van der Waals surface area (Å²) in [4.78, 5) is 36.8. The maximum absolute atomic E-state index is 14.4. The monoisotopic (exact) mass is 436 g/mol. The molecule has 1 saturated heterocycles. The summed E-state index contributed by atoms with van der Waals surface area (Å²) < 4.78 is 19.4. The van der Waals surface area contributed by atoms with Gasteiger partial charge in [0.15, 0.2) is 0 Å². The number of benzene rings is 2. The maximum atomic E-state index is 14.4. The highest BCUT2D eigenvalue weighted by Crippen LogP contribution is 2.24. The molecule has 0 aliphatic carbocycles. The van der Waals surface area contributed by atoms with E-state index in [1.165, 1.54) is 19.2 Å². The highest BCUT2D eigenvalue weighted by Gasteiger charge is 2.36. The molecule has 4 rings (SSSR count). The minimum absolute atomic E-state index is 0.00140. The molecule has 32 heavy (non-hydrogen) atoms. The van der Waals surface area contributed by atoms with Crippen LogP contribution in [0.4, 0.5) is 4.39 Å². The Hall–Kier alpha value is -3.68. The Morgan fingerprint density at radius 1 is 1.06 bits per heavy atom. The normalized spacial score (nSPS) is 18.5. The van der Waals surface area contributed by atoms with E-state index in [0.29, 0.717) is 24.4 Å². The third-order valence-electron chi connectivity index (χ3n) is 5.75. The number of amides is 2. The van der Waals surface area contributed by atoms with Crippen molar-refractivity contribution in [2.24, 2.45) is 0 Å². The Bertz CT molecular complexity index is 1100. The molecule has 0 unspecified atom stereocenters. The third kappa shape index (κ3) is 4.08. The van der Waals surface area contributed by atoms with Crippen molar-refractivity contribution in [2.75, 3.05) is 20.2 Å². The zero-order valence-corrected chi connectivity index (χ0v) is 18.2. The summed E-state index contributed by atoms with van der Waals surface area (Å²) in [5.41, 5.74) is 1.46. The molecular formula is C24H25FN4O3. The molecular weight excluding hydrogens is 411 g/mol. The maximum Gasteiger partial charge on any atom is 0.256 e. The second-order valence-corrected chi connectivity index (χ2v) is 7.98. The molecule has 1 aromatic heterocycles. The number of piperazine rings is 1. The van der Waals surface area contributed by atoms with Gasteiger partial charge in [0.25, 0.3) is 11.8 Å². The van der Waals surface area contributed by atoms with Crippen LogP contribution in [0.1, 0.15) is 34.6 Å². The van der Waals surface area contributed by atoms with Crippen molar-refractivity contribution in [3.05, 3.63) is 71.8 Å². The third-order valence-corrected chi connectivity index (χ3v) is 5.75. The van der Waals surface area contributed by atoms with Gasteiger partial charge in [0.2, 0.25) is 0 Å². The lowest BCUT2D eigenvalue weighted by Crippen LogP contribution is -2.59. The van der Waals surface area contributed by atoms with Gasteiger partial charge in [-0.15, -0.1) is 0 Å². The number of hydrogen-bond acceptors (Lipinski definition) is 4. The number of methoxy groups -OCH3 is 1. The zero-order valence-electron chi connectivity index (χ0n) is 18.2. The van der Waals surface area contributed by atoms with Gasteiger partial charge >= 0.3 is 0 Å². The fraction of sp³-hybridized carbons (Fsp3) is 0.292. The molecule has 3 aromatic rings. The number of carbonyl (C=O) groups is 2. The highest BCUT2D eigenvalue weighted by atomic mass is 19.1. The summed E-state index contributed by atoms with van der Waals surface area (Å²) in [5, 5.41) is 0. The minimum Gasteiger partial charge on any atom is -0.497 e. The van der Waals surface area contributed by atoms with E-state index in [1.807, 2.05) is 26.0 Å². The van der Waals surface area contributed by atoms with Gasteiger partial charge in [0.1, 0.15) is 17.4 Å². The number of aromatic amines is 1. The quantitative estimate of drug-likeness (QED) is 0.678. The van der Waals surface area contributed by atoms with Crippen LogP contribution in [-0.4, -0.2) is 63.9 Å². The van der Waals surface area contributed by atoms with Crippen LogP contribution in [-0.2, 0) is 0 Å². The van der Waals surface area contributed by atoms with Gasteiger partial charge in [-0.05, 0) is 38.1 Å². The molecule has 2 atom stereocenters. The van der Waals surface area contributed by atoms with E-state index in [2.05, 4.69) is 9.97 Å². The van der Waals surface area contributed by atoms with Crippen LogP contribution < -0.4 is 4.74 Å². The summed E-state index contributed by atoms with van der Waals surface area (Å²) in [5.74, 6) is -0.0137. The Morgan fingerprint density at radius 3 is 2.31 bits per heavy atom. The Labute approximate surface area is 185 Å². The van der Waals surface area contributed by atoms with Crippen molar-refractivity contribution in [1.82, 2.24) is 19.8 Å². The van der Waals surface area contributed by atoms with Crippen molar-refractivity contribution in [3.8, 4) is 17.1 Å². The van der Waals surface area contributed by atoms with Crippen molar-refractivity contribution < 1.29 is 18.7 Å². The fourth-order valence-corrected chi connectivity index (χ4v) is 4.20. The summed E-state index contributed by atoms with van der Waals surface area (Å²) >= 11 is 0. The first-order valence-electron chi connectivity index (χ1n) is 10.4. The lowest BCUT2D eigenvalue weighted by molar-refractivity contribution is 0.0252. The predicted octanol–water partition coefficient (Wildman–Crippen LogP) is 3.60. The van der Waals surface area contributed by atoms with E-state index in [9.17, 15) is 14.0 Å². The predicted molar refractivity (Wildman–Crippen MR) is 118 cm³/mol. The van der Waals surface area contributed by atoms with E-state index in [0.717, 1.165) is 11.4 Å². The molecule has 0 spiro atoms. The largest absolute Gasteiger partial charge is 0.497 e. The second kappa shape index (κ2) is 8.82. The van der Waals surface area contributed by atoms with Gasteiger partial charge in [0, 0.05) is 54.8 Å². The summed E-state index contributed by atoms with van der Waals surface area (Å²) in [6.45, 7) is 4.45. The Morgan fingerprint density at radius 2 is 1.75 bits per heavy atom. The van der Waals surface area contributed by atoms with E-state index in [-0.39, 0.29) is 23.6 Å². The number of H-pyrrole nitrogens is 1. The van der Waals surface area contributed by atoms with Gasteiger partial charge in [-0.2, -0.15) is 0 Å². The molecule has 2 heterocycles. The minimum atomic E-state index is -0.621. The van der Waals surface area contributed by atoms with Gasteiger partial charge in [-0.25, -0.2) is 9.37 Å². The van der Waals surface area contributed by atoms with E-state index < -0.39 is 11.7 Å². The summed E-state index contributed by atoms with van der Waals surface area (Å²) in [6.07, 6.45) is 3.42. The van der Waals surface area contributed by atoms with Crippen molar-refractivity contribution in [2.45, 2.75) is 25.9 Å². The SMILES string of the molecule is COc1ccc(C(=O)N2C[C@@H](C)N(C(=O)c3ccc(-c4ncc[nH]4)cc3)[C@H](C)C2)c(F)c1. The number of imidazole rings is 1. The number of nitrogens with zero attached hydrogens (tertiary/aromatic N) is 3. The number of ether oxygens (including phenoxy) is 1. The summed E-state index contributed by atoms with van der Waals surface area (Å²) in [7, 11) is 1.44. The first-order valence-corrected chi connectivity index (χ1v) is 10.4. The number of nitrogens with one attached hydrogen (secondary N) is 1. The van der Waals surface area contributed by atoms with Crippen LogP contribution in [0.15, 0.2) is 54.9 Å². The molecule has 1 N–H and O–H groups in total. The lowest BCUT2D eigenvalue weighted by Gasteiger charge is -2.44. The number of carbonyl (C=O) groups excluding carboxylic acids is 2. The molecule has 166 valence electrons. The summed E-state index contributed by atoms with van der Waals surface area (Å²) in [6, 6.07) is 11.0. The van der Waals surface area contributed by atoms with Crippen LogP contribution in [0.5, 0.6) is 5.75 Å². The number of halogens is 1. The topological polar surface area (TPSA) is 78.5 Å². The molecule has 7 nitrogen and oxygen atoms in total. The smallest absolute Gasteiger partial charge is 0.256 e. The molecule has 2 aromatic carbocycles. The fourth-order valence-electron chi connectivity index (χ4n) is 4.20. The molecule has 1 aliphatic heterocycles. The van der Waals surface area contributed by atoms with Gasteiger partial charge < -0.3 is 19.5 Å². The lowest BCUT2D eigenvalue weighted by atomic mass is 10.0. The molecule has 0 saturated carbocycles. The van der Waals surface area contributed by atoms with Crippen LogP contribution in [0.3, 0.4) is 0 Å². The van der Waals surface area contributed by atoms with E-state index in [1.54, 1.807) is 40.4 Å². The molecule has 1 aliphatic rings. The average molecular weight is 436 g/mol. The zero-order chi connectivity index (χ0) is 22.8. The van der Waals surface area contributed by atoms with E-state index >= 15 is 0 Å². The number of hydrogen-bond donors (Lipinski definition) is 1. The van der Waals surface area contributed by atoms with Gasteiger partial charge in [-0.3, -0.25) is 9.59 Å². The first-order chi connectivity index (χ1) is 15.4. The number of aromatic nitrogens is 2. The van der Waals surface area contributed by atoms with Gasteiger partial charge in [-0.1, -0.05) is 12.1 Å². The molecule has 0 radical (unpaired) electrons.